The van der Waals surface area contributed by atoms with Crippen LogP contribution in [0.4, 0.5) is 5.69 Å². The molecule has 9 nitrogen and oxygen atoms in total. The monoisotopic (exact) mass is 413 g/mol. The number of rotatable bonds is 8. The summed E-state index contributed by atoms with van der Waals surface area (Å²) in [7, 11) is 1.60. The first kappa shape index (κ1) is 20.3. The highest BCUT2D eigenvalue weighted by Crippen LogP contribution is 2.25. The van der Waals surface area contributed by atoms with E-state index < -0.39 is 4.92 Å². The Labute approximate surface area is 171 Å². The van der Waals surface area contributed by atoms with Crippen LogP contribution < -0.4 is 10.1 Å². The highest BCUT2D eigenvalue weighted by Gasteiger charge is 2.16. The Kier molecular flexibility index (Phi) is 6.45. The van der Waals surface area contributed by atoms with Crippen LogP contribution in [-0.2, 0) is 11.3 Å². The molecule has 2 aromatic carbocycles. The molecule has 0 bridgehead atoms. The molecule has 0 aliphatic rings. The highest BCUT2D eigenvalue weighted by atomic mass is 32.2. The third-order valence-corrected chi connectivity index (χ3v) is 5.15. The summed E-state index contributed by atoms with van der Waals surface area (Å²) in [4.78, 5) is 27.7. The molecule has 3 aromatic rings. The molecule has 1 amide bonds. The molecule has 0 saturated carbocycles. The molecule has 0 aliphatic carbocycles. The summed E-state index contributed by atoms with van der Waals surface area (Å²) in [5, 5.41) is 20.1. The van der Waals surface area contributed by atoms with Crippen LogP contribution in [0.3, 0.4) is 0 Å². The van der Waals surface area contributed by atoms with E-state index in [9.17, 15) is 14.9 Å². The number of H-pyrrole nitrogens is 1. The van der Waals surface area contributed by atoms with Gasteiger partial charge in [0.15, 0.2) is 5.82 Å². The maximum absolute atomic E-state index is 12.3. The van der Waals surface area contributed by atoms with Gasteiger partial charge < -0.3 is 10.1 Å². The average Bonchev–Trinajstić information content (AvgIpc) is 3.21. The summed E-state index contributed by atoms with van der Waals surface area (Å²) in [5.41, 5.74) is 0.853. The van der Waals surface area contributed by atoms with Gasteiger partial charge in [-0.15, -0.1) is 11.8 Å². The minimum Gasteiger partial charge on any atom is -0.497 e. The number of aromatic nitrogens is 3. The number of non-ortho nitro benzene ring substituents is 1. The van der Waals surface area contributed by atoms with Crippen molar-refractivity contribution in [2.75, 3.05) is 7.11 Å². The number of nitro groups is 1. The first-order valence-corrected chi connectivity index (χ1v) is 9.59. The van der Waals surface area contributed by atoms with Crippen molar-refractivity contribution >= 4 is 23.4 Å². The lowest BCUT2D eigenvalue weighted by Gasteiger charge is -2.11. The zero-order chi connectivity index (χ0) is 20.8. The number of methoxy groups -OCH3 is 1. The van der Waals surface area contributed by atoms with E-state index in [1.165, 1.54) is 23.9 Å². The molecule has 0 spiro atoms. The van der Waals surface area contributed by atoms with Gasteiger partial charge in [-0.1, -0.05) is 0 Å². The number of nitro benzene ring substituents is 1. The standard InChI is InChI=1S/C19H19N5O4S/c1-12(29-16-9-5-14(6-10-16)24(26)27)19(25)20-11-17-21-18(23-22-17)13-3-7-15(28-2)8-4-13/h3-10,12H,11H2,1-2H3,(H,20,25)(H,21,22,23). The SMILES string of the molecule is COc1ccc(-c2n[nH]c(CNC(=O)C(C)Sc3ccc([N+](=O)[O-])cc3)n2)cc1. The fourth-order valence-electron chi connectivity index (χ4n) is 2.46. The Balaban J connectivity index is 1.53. The van der Waals surface area contributed by atoms with Crippen LogP contribution in [0.15, 0.2) is 53.4 Å². The lowest BCUT2D eigenvalue weighted by Crippen LogP contribution is -2.30. The minimum atomic E-state index is -0.456. The first-order valence-electron chi connectivity index (χ1n) is 8.71. The molecule has 3 rings (SSSR count). The Morgan fingerprint density at radius 1 is 1.24 bits per heavy atom. The Hall–Kier alpha value is -3.40. The number of ether oxygens (including phenoxy) is 1. The van der Waals surface area contributed by atoms with Crippen molar-refractivity contribution in [3.8, 4) is 17.1 Å². The number of carbonyl (C=O) groups is 1. The third kappa shape index (κ3) is 5.32. The zero-order valence-electron chi connectivity index (χ0n) is 15.8. The molecule has 1 unspecified atom stereocenters. The van der Waals surface area contributed by atoms with E-state index >= 15 is 0 Å². The Morgan fingerprint density at radius 2 is 1.93 bits per heavy atom. The third-order valence-electron chi connectivity index (χ3n) is 4.04. The predicted molar refractivity (Wildman–Crippen MR) is 109 cm³/mol. The summed E-state index contributed by atoms with van der Waals surface area (Å²) >= 11 is 1.32. The lowest BCUT2D eigenvalue weighted by atomic mass is 10.2. The molecule has 10 heteroatoms. The van der Waals surface area contributed by atoms with Crippen molar-refractivity contribution in [3.63, 3.8) is 0 Å². The van der Waals surface area contributed by atoms with E-state index in [0.717, 1.165) is 16.2 Å². The van der Waals surface area contributed by atoms with Crippen molar-refractivity contribution in [1.82, 2.24) is 20.5 Å². The molecule has 0 fully saturated rings. The average molecular weight is 413 g/mol. The molecule has 150 valence electrons. The van der Waals surface area contributed by atoms with Crippen molar-refractivity contribution in [2.45, 2.75) is 23.6 Å². The number of hydrogen-bond acceptors (Lipinski definition) is 7. The maximum Gasteiger partial charge on any atom is 0.269 e. The number of hydrogen-bond donors (Lipinski definition) is 2. The number of carbonyl (C=O) groups excluding carboxylic acids is 1. The molecule has 1 heterocycles. The van der Waals surface area contributed by atoms with Crippen molar-refractivity contribution in [2.24, 2.45) is 0 Å². The molecule has 0 aliphatic heterocycles. The number of amides is 1. The summed E-state index contributed by atoms with van der Waals surface area (Å²) < 4.78 is 5.13. The van der Waals surface area contributed by atoms with Gasteiger partial charge in [-0.25, -0.2) is 4.98 Å². The Bertz CT molecular complexity index is 989. The maximum atomic E-state index is 12.3. The number of thioether (sulfide) groups is 1. The van der Waals surface area contributed by atoms with Gasteiger partial charge in [-0.3, -0.25) is 20.0 Å². The largest absolute Gasteiger partial charge is 0.497 e. The normalized spacial score (nSPS) is 11.7. The molecular formula is C19H19N5O4S. The molecular weight excluding hydrogens is 394 g/mol. The number of aromatic amines is 1. The number of nitrogens with zero attached hydrogens (tertiary/aromatic N) is 3. The van der Waals surface area contributed by atoms with Gasteiger partial charge in [-0.2, -0.15) is 5.10 Å². The van der Waals surface area contributed by atoms with Crippen LogP contribution in [0.25, 0.3) is 11.4 Å². The van der Waals surface area contributed by atoms with E-state index in [-0.39, 0.29) is 23.4 Å². The second-order valence-corrected chi connectivity index (χ2v) is 7.48. The fourth-order valence-corrected chi connectivity index (χ4v) is 3.35. The van der Waals surface area contributed by atoms with E-state index in [1.807, 2.05) is 24.3 Å². The molecule has 1 atom stereocenters. The highest BCUT2D eigenvalue weighted by molar-refractivity contribution is 8.00. The summed E-state index contributed by atoms with van der Waals surface area (Å²) in [6.07, 6.45) is 0. The summed E-state index contributed by atoms with van der Waals surface area (Å²) in [5.74, 6) is 1.65. The Morgan fingerprint density at radius 3 is 2.55 bits per heavy atom. The summed E-state index contributed by atoms with van der Waals surface area (Å²) in [6, 6.07) is 13.5. The van der Waals surface area contributed by atoms with Crippen LogP contribution in [-0.4, -0.2) is 38.4 Å². The van der Waals surface area contributed by atoms with Crippen LogP contribution >= 0.6 is 11.8 Å². The van der Waals surface area contributed by atoms with Gasteiger partial charge in [0, 0.05) is 22.6 Å². The summed E-state index contributed by atoms with van der Waals surface area (Å²) in [6.45, 7) is 1.98. The lowest BCUT2D eigenvalue weighted by molar-refractivity contribution is -0.384. The van der Waals surface area contributed by atoms with Crippen molar-refractivity contribution < 1.29 is 14.5 Å². The zero-order valence-corrected chi connectivity index (χ0v) is 16.6. The van der Waals surface area contributed by atoms with E-state index in [2.05, 4.69) is 20.5 Å². The molecule has 29 heavy (non-hydrogen) atoms. The van der Waals surface area contributed by atoms with Gasteiger partial charge in [0.1, 0.15) is 11.6 Å². The van der Waals surface area contributed by atoms with Crippen LogP contribution in [0.5, 0.6) is 5.75 Å². The predicted octanol–water partition coefficient (Wildman–Crippen LogP) is 3.19. The van der Waals surface area contributed by atoms with Crippen molar-refractivity contribution in [3.05, 3.63) is 64.5 Å². The first-order chi connectivity index (χ1) is 14.0. The van der Waals surface area contributed by atoms with E-state index in [0.29, 0.717) is 11.6 Å². The fraction of sp³-hybridized carbons (Fsp3) is 0.211. The van der Waals surface area contributed by atoms with Crippen LogP contribution in [0.2, 0.25) is 0 Å². The van der Waals surface area contributed by atoms with Gasteiger partial charge in [0.05, 0.1) is 23.8 Å². The quantitative estimate of drug-likeness (QED) is 0.330. The van der Waals surface area contributed by atoms with Gasteiger partial charge in [0.25, 0.3) is 5.69 Å². The number of nitrogens with one attached hydrogen (secondary N) is 2. The van der Waals surface area contributed by atoms with E-state index in [4.69, 9.17) is 4.74 Å². The second-order valence-electron chi connectivity index (χ2n) is 6.06. The molecule has 0 saturated heterocycles. The molecule has 1 aromatic heterocycles. The smallest absolute Gasteiger partial charge is 0.269 e. The van der Waals surface area contributed by atoms with Gasteiger partial charge in [0.2, 0.25) is 5.91 Å². The number of benzene rings is 2. The second kappa shape index (κ2) is 9.20. The van der Waals surface area contributed by atoms with Gasteiger partial charge >= 0.3 is 0 Å². The van der Waals surface area contributed by atoms with Gasteiger partial charge in [-0.05, 0) is 43.3 Å². The molecule has 2 N–H and O–H groups in total. The van der Waals surface area contributed by atoms with Crippen LogP contribution in [0, 0.1) is 10.1 Å². The van der Waals surface area contributed by atoms with Crippen LogP contribution in [0.1, 0.15) is 12.7 Å². The van der Waals surface area contributed by atoms with E-state index in [1.54, 1.807) is 26.2 Å². The van der Waals surface area contributed by atoms with Crippen molar-refractivity contribution in [1.29, 1.82) is 0 Å². The minimum absolute atomic E-state index is 0.0180. The topological polar surface area (TPSA) is 123 Å². The molecule has 0 radical (unpaired) electrons.